The van der Waals surface area contributed by atoms with Crippen molar-refractivity contribution in [2.45, 2.75) is 6.42 Å². The Morgan fingerprint density at radius 3 is 2.34 bits per heavy atom. The molecular weight excluding hydrogens is 356 g/mol. The van der Waals surface area contributed by atoms with Gasteiger partial charge >= 0.3 is 0 Å². The van der Waals surface area contributed by atoms with Crippen LogP contribution in [0.4, 0.5) is 17.1 Å². The van der Waals surface area contributed by atoms with E-state index in [0.717, 1.165) is 50.9 Å². The van der Waals surface area contributed by atoms with Crippen molar-refractivity contribution in [1.82, 2.24) is 4.57 Å². The second-order valence-corrected chi connectivity index (χ2v) is 7.79. The Bertz CT molecular complexity index is 1510. The van der Waals surface area contributed by atoms with Gasteiger partial charge in [-0.1, -0.05) is 60.7 Å². The number of benzene rings is 4. The summed E-state index contributed by atoms with van der Waals surface area (Å²) in [4.78, 5) is 16.2. The van der Waals surface area contributed by atoms with Gasteiger partial charge in [-0.3, -0.25) is 9.36 Å². The van der Waals surface area contributed by atoms with Crippen LogP contribution in [0, 0.1) is 0 Å². The van der Waals surface area contributed by atoms with Gasteiger partial charge in [0.25, 0.3) is 5.91 Å². The molecule has 3 heteroatoms. The fourth-order valence-corrected chi connectivity index (χ4v) is 5.14. The number of para-hydroxylation sites is 4. The highest BCUT2D eigenvalue weighted by molar-refractivity contribution is 6.23. The van der Waals surface area contributed by atoms with Crippen LogP contribution in [0.25, 0.3) is 21.8 Å². The smallest absolute Gasteiger partial charge is 0.265 e. The molecule has 7 rings (SSSR count). The second-order valence-electron chi connectivity index (χ2n) is 7.79. The summed E-state index contributed by atoms with van der Waals surface area (Å²) in [7, 11) is 0. The molecule has 0 spiro atoms. The molecule has 4 aromatic carbocycles. The summed E-state index contributed by atoms with van der Waals surface area (Å²) < 4.78 is 1.91. The molecule has 3 heterocycles. The number of hydrogen-bond donors (Lipinski definition) is 0. The predicted octanol–water partition coefficient (Wildman–Crippen LogP) is 6.17. The summed E-state index contributed by atoms with van der Waals surface area (Å²) in [6.07, 6.45) is 0.842. The maximum Gasteiger partial charge on any atom is 0.265 e. The van der Waals surface area contributed by atoms with Gasteiger partial charge in [-0.15, -0.1) is 0 Å². The molecule has 136 valence electrons. The summed E-state index contributed by atoms with van der Waals surface area (Å²) in [6.45, 7) is 0. The van der Waals surface area contributed by atoms with Gasteiger partial charge in [-0.25, -0.2) is 0 Å². The molecule has 29 heavy (non-hydrogen) atoms. The lowest BCUT2D eigenvalue weighted by atomic mass is 9.92. The van der Waals surface area contributed by atoms with Crippen LogP contribution in [-0.2, 0) is 6.42 Å². The summed E-state index contributed by atoms with van der Waals surface area (Å²) in [6, 6.07) is 29.2. The van der Waals surface area contributed by atoms with Crippen molar-refractivity contribution < 1.29 is 4.79 Å². The van der Waals surface area contributed by atoms with E-state index in [0.29, 0.717) is 0 Å². The lowest BCUT2D eigenvalue weighted by molar-refractivity contribution is 0.0970. The zero-order valence-corrected chi connectivity index (χ0v) is 15.6. The average Bonchev–Trinajstić information content (AvgIpc) is 3.05. The molecule has 0 saturated heterocycles. The van der Waals surface area contributed by atoms with Gasteiger partial charge in [0.15, 0.2) is 0 Å². The Morgan fingerprint density at radius 2 is 1.38 bits per heavy atom. The lowest BCUT2D eigenvalue weighted by Crippen LogP contribution is -2.20. The number of aromatic nitrogens is 1. The van der Waals surface area contributed by atoms with Crippen molar-refractivity contribution in [3.8, 4) is 0 Å². The van der Waals surface area contributed by atoms with Gasteiger partial charge in [0, 0.05) is 22.9 Å². The van der Waals surface area contributed by atoms with Crippen LogP contribution in [0.3, 0.4) is 0 Å². The molecule has 0 atom stereocenters. The Labute approximate surface area is 167 Å². The highest BCUT2D eigenvalue weighted by Crippen LogP contribution is 2.50. The molecule has 1 aromatic heterocycles. The van der Waals surface area contributed by atoms with Crippen LogP contribution < -0.4 is 4.90 Å². The molecule has 5 aromatic rings. The lowest BCUT2D eigenvalue weighted by Gasteiger charge is -2.33. The number of nitrogens with zero attached hydrogens (tertiary/aromatic N) is 2. The van der Waals surface area contributed by atoms with Crippen LogP contribution in [0.2, 0.25) is 0 Å². The molecule has 3 nitrogen and oxygen atoms in total. The minimum atomic E-state index is 0.0439. The van der Waals surface area contributed by atoms with Crippen molar-refractivity contribution in [3.63, 3.8) is 0 Å². The zero-order chi connectivity index (χ0) is 19.1. The fraction of sp³-hybridized carbons (Fsp3) is 0.0385. The zero-order valence-electron chi connectivity index (χ0n) is 15.6. The molecule has 0 amide bonds. The Kier molecular flexibility index (Phi) is 2.68. The molecule has 0 saturated carbocycles. The standard InChI is InChI=1S/C26H16N2O/c29-26-20-11-5-8-17-15-16-7-1-3-12-21(16)27(24(17)20)23-14-6-10-19-18-9-2-4-13-22(18)28(26)25(19)23/h1-14H,15H2. The van der Waals surface area contributed by atoms with E-state index >= 15 is 0 Å². The number of carbonyl (C=O) groups excluding carboxylic acids is 1. The van der Waals surface area contributed by atoms with E-state index in [9.17, 15) is 4.79 Å². The molecule has 0 unspecified atom stereocenters. The molecule has 0 N–H and O–H groups in total. The summed E-state index contributed by atoms with van der Waals surface area (Å²) in [5.74, 6) is 0.0439. The van der Waals surface area contributed by atoms with E-state index in [1.807, 2.05) is 34.9 Å². The number of hydrogen-bond acceptors (Lipinski definition) is 2. The minimum Gasteiger partial charge on any atom is -0.307 e. The van der Waals surface area contributed by atoms with Crippen molar-refractivity contribution in [3.05, 3.63) is 102 Å². The molecular formula is C26H16N2O. The molecule has 2 aliphatic rings. The van der Waals surface area contributed by atoms with E-state index in [-0.39, 0.29) is 5.91 Å². The van der Waals surface area contributed by atoms with Gasteiger partial charge < -0.3 is 4.90 Å². The van der Waals surface area contributed by atoms with Crippen molar-refractivity contribution in [2.75, 3.05) is 4.90 Å². The molecule has 2 aliphatic heterocycles. The summed E-state index contributed by atoms with van der Waals surface area (Å²) in [5, 5.41) is 2.23. The third-order valence-electron chi connectivity index (χ3n) is 6.30. The first-order valence-corrected chi connectivity index (χ1v) is 9.90. The highest BCUT2D eigenvalue weighted by Gasteiger charge is 2.34. The summed E-state index contributed by atoms with van der Waals surface area (Å²) in [5.41, 5.74) is 8.43. The minimum absolute atomic E-state index is 0.0439. The third kappa shape index (κ3) is 1.76. The van der Waals surface area contributed by atoms with Gasteiger partial charge in [-0.05, 0) is 35.4 Å². The van der Waals surface area contributed by atoms with E-state index in [1.165, 1.54) is 11.1 Å². The predicted molar refractivity (Wildman–Crippen MR) is 117 cm³/mol. The number of rotatable bonds is 0. The first-order chi connectivity index (χ1) is 14.3. The van der Waals surface area contributed by atoms with Crippen LogP contribution in [0.5, 0.6) is 0 Å². The van der Waals surface area contributed by atoms with Crippen LogP contribution in [-0.4, -0.2) is 10.5 Å². The van der Waals surface area contributed by atoms with Crippen LogP contribution in [0.1, 0.15) is 21.5 Å². The molecule has 0 bridgehead atoms. The van der Waals surface area contributed by atoms with Crippen molar-refractivity contribution in [1.29, 1.82) is 0 Å². The van der Waals surface area contributed by atoms with E-state index in [1.54, 1.807) is 0 Å². The first kappa shape index (κ1) is 15.1. The monoisotopic (exact) mass is 372 g/mol. The molecule has 0 radical (unpaired) electrons. The van der Waals surface area contributed by atoms with Crippen LogP contribution >= 0.6 is 0 Å². The highest BCUT2D eigenvalue weighted by atomic mass is 16.2. The largest absolute Gasteiger partial charge is 0.307 e. The fourth-order valence-electron chi connectivity index (χ4n) is 5.14. The van der Waals surface area contributed by atoms with Crippen LogP contribution in [0.15, 0.2) is 84.9 Å². The summed E-state index contributed by atoms with van der Waals surface area (Å²) >= 11 is 0. The number of fused-ring (bicyclic) bond motifs is 6. The maximum atomic E-state index is 13.9. The van der Waals surface area contributed by atoms with Gasteiger partial charge in [0.2, 0.25) is 0 Å². The first-order valence-electron chi connectivity index (χ1n) is 9.90. The Balaban J connectivity index is 1.74. The normalized spacial score (nSPS) is 14.1. The SMILES string of the molecule is O=C1c2cccc3c2N(c2ccccc2C3)c2cccc3c4ccccc4n1c23. The second kappa shape index (κ2) is 5.15. The number of carbonyl (C=O) groups is 1. The Hall–Kier alpha value is -3.85. The molecule has 0 fully saturated rings. The van der Waals surface area contributed by atoms with Gasteiger partial charge in [0.05, 0.1) is 28.0 Å². The van der Waals surface area contributed by atoms with Gasteiger partial charge in [0.1, 0.15) is 0 Å². The van der Waals surface area contributed by atoms with Crippen molar-refractivity contribution in [2.24, 2.45) is 0 Å². The third-order valence-corrected chi connectivity index (χ3v) is 6.30. The average molecular weight is 372 g/mol. The van der Waals surface area contributed by atoms with E-state index < -0.39 is 0 Å². The van der Waals surface area contributed by atoms with E-state index in [4.69, 9.17) is 0 Å². The number of anilines is 3. The van der Waals surface area contributed by atoms with Gasteiger partial charge in [-0.2, -0.15) is 0 Å². The van der Waals surface area contributed by atoms with Crippen molar-refractivity contribution >= 4 is 44.8 Å². The Morgan fingerprint density at radius 1 is 0.655 bits per heavy atom. The molecule has 0 aliphatic carbocycles. The van der Waals surface area contributed by atoms with E-state index in [2.05, 4.69) is 59.5 Å². The maximum absolute atomic E-state index is 13.9. The quantitative estimate of drug-likeness (QED) is 0.318. The topological polar surface area (TPSA) is 25.2 Å².